The standard InChI is InChI=1S/C9H12ClFN4O2/c1-2-3-4-17-9(16)15-14-7-6(11)5-12-8(10)13-7/h5H,2-4H2,1H3,(H,15,16)(H,12,13,14). The second-order valence-corrected chi connectivity index (χ2v) is 3.41. The zero-order valence-corrected chi connectivity index (χ0v) is 9.92. The van der Waals surface area contributed by atoms with Gasteiger partial charge in [0.2, 0.25) is 5.28 Å². The van der Waals surface area contributed by atoms with Gasteiger partial charge in [-0.05, 0) is 18.0 Å². The molecule has 0 aromatic carbocycles. The fraction of sp³-hybridized carbons (Fsp3) is 0.444. The molecule has 0 aliphatic rings. The summed E-state index contributed by atoms with van der Waals surface area (Å²) in [5.41, 5.74) is 4.37. The highest BCUT2D eigenvalue weighted by molar-refractivity contribution is 6.28. The average molecular weight is 263 g/mol. The van der Waals surface area contributed by atoms with Crippen LogP contribution in [0.3, 0.4) is 0 Å². The number of hydrogen-bond acceptors (Lipinski definition) is 5. The van der Waals surface area contributed by atoms with Crippen molar-refractivity contribution in [3.05, 3.63) is 17.3 Å². The van der Waals surface area contributed by atoms with Crippen molar-refractivity contribution in [1.82, 2.24) is 15.4 Å². The number of carbonyl (C=O) groups is 1. The maximum atomic E-state index is 13.1. The van der Waals surface area contributed by atoms with Gasteiger partial charge in [0.05, 0.1) is 12.8 Å². The van der Waals surface area contributed by atoms with E-state index in [9.17, 15) is 9.18 Å². The van der Waals surface area contributed by atoms with E-state index in [2.05, 4.69) is 20.8 Å². The number of hydrogen-bond donors (Lipinski definition) is 2. The van der Waals surface area contributed by atoms with Crippen LogP contribution in [0.4, 0.5) is 15.0 Å². The Labute approximate surface area is 103 Å². The minimum absolute atomic E-state index is 0.130. The summed E-state index contributed by atoms with van der Waals surface area (Å²) in [6.45, 7) is 2.27. The van der Waals surface area contributed by atoms with E-state index in [1.807, 2.05) is 6.92 Å². The molecule has 0 aliphatic carbocycles. The molecule has 0 spiro atoms. The zero-order chi connectivity index (χ0) is 12.7. The summed E-state index contributed by atoms with van der Waals surface area (Å²) < 4.78 is 17.9. The normalized spacial score (nSPS) is 9.82. The van der Waals surface area contributed by atoms with Crippen molar-refractivity contribution in [3.8, 4) is 0 Å². The third-order valence-corrected chi connectivity index (χ3v) is 1.91. The summed E-state index contributed by atoms with van der Waals surface area (Å²) in [6, 6.07) is 0. The molecule has 1 aromatic heterocycles. The maximum Gasteiger partial charge on any atom is 0.425 e. The van der Waals surface area contributed by atoms with Crippen molar-refractivity contribution in [2.75, 3.05) is 12.0 Å². The van der Waals surface area contributed by atoms with E-state index in [1.165, 1.54) is 0 Å². The van der Waals surface area contributed by atoms with Gasteiger partial charge < -0.3 is 4.74 Å². The van der Waals surface area contributed by atoms with Gasteiger partial charge in [0.1, 0.15) is 0 Å². The molecule has 0 atom stereocenters. The highest BCUT2D eigenvalue weighted by Gasteiger charge is 2.07. The molecule has 1 amide bonds. The lowest BCUT2D eigenvalue weighted by Gasteiger charge is -2.08. The third-order valence-electron chi connectivity index (χ3n) is 1.73. The number of amides is 1. The minimum Gasteiger partial charge on any atom is -0.448 e. The highest BCUT2D eigenvalue weighted by Crippen LogP contribution is 2.10. The number of aromatic nitrogens is 2. The summed E-state index contributed by atoms with van der Waals surface area (Å²) in [6.07, 6.45) is 1.85. The lowest BCUT2D eigenvalue weighted by Crippen LogP contribution is -2.31. The van der Waals surface area contributed by atoms with Gasteiger partial charge in [-0.25, -0.2) is 19.6 Å². The first-order valence-electron chi connectivity index (χ1n) is 5.00. The average Bonchev–Trinajstić information content (AvgIpc) is 2.31. The predicted octanol–water partition coefficient (Wildman–Crippen LogP) is 2.12. The Morgan fingerprint density at radius 2 is 2.41 bits per heavy atom. The maximum absolute atomic E-state index is 13.1. The molecule has 0 saturated heterocycles. The number of nitrogens with one attached hydrogen (secondary N) is 2. The summed E-state index contributed by atoms with van der Waals surface area (Å²) in [4.78, 5) is 18.1. The molecule has 94 valence electrons. The Balaban J connectivity index is 2.39. The molecular formula is C9H12ClFN4O2. The van der Waals surface area contributed by atoms with Gasteiger partial charge in [-0.3, -0.25) is 5.43 Å². The first-order chi connectivity index (χ1) is 8.13. The number of carbonyl (C=O) groups excluding carboxylic acids is 1. The Bertz CT molecular complexity index is 391. The minimum atomic E-state index is -0.733. The van der Waals surface area contributed by atoms with Crippen LogP contribution in [0.25, 0.3) is 0 Å². The number of hydrazine groups is 1. The number of rotatable bonds is 5. The fourth-order valence-electron chi connectivity index (χ4n) is 0.889. The van der Waals surface area contributed by atoms with Gasteiger partial charge in [0.25, 0.3) is 0 Å². The second kappa shape index (κ2) is 6.85. The molecule has 8 heteroatoms. The number of nitrogens with zero attached hydrogens (tertiary/aromatic N) is 2. The molecule has 0 bridgehead atoms. The Hall–Kier alpha value is -1.63. The topological polar surface area (TPSA) is 76.1 Å². The Morgan fingerprint density at radius 3 is 3.12 bits per heavy atom. The van der Waals surface area contributed by atoms with Gasteiger partial charge >= 0.3 is 6.09 Å². The largest absolute Gasteiger partial charge is 0.448 e. The highest BCUT2D eigenvalue weighted by atomic mass is 35.5. The van der Waals surface area contributed by atoms with Crippen LogP contribution in [0.2, 0.25) is 5.28 Å². The van der Waals surface area contributed by atoms with Crippen molar-refractivity contribution in [3.63, 3.8) is 0 Å². The van der Waals surface area contributed by atoms with E-state index in [1.54, 1.807) is 0 Å². The van der Waals surface area contributed by atoms with E-state index >= 15 is 0 Å². The summed E-state index contributed by atoms with van der Waals surface area (Å²) in [7, 11) is 0. The lowest BCUT2D eigenvalue weighted by atomic mass is 10.4. The smallest absolute Gasteiger partial charge is 0.425 e. The quantitative estimate of drug-likeness (QED) is 0.483. The number of halogens is 2. The molecule has 0 unspecified atom stereocenters. The van der Waals surface area contributed by atoms with E-state index in [4.69, 9.17) is 16.3 Å². The Morgan fingerprint density at radius 1 is 1.65 bits per heavy atom. The van der Waals surface area contributed by atoms with Crippen LogP contribution in [0.1, 0.15) is 19.8 Å². The van der Waals surface area contributed by atoms with Gasteiger partial charge in [-0.2, -0.15) is 4.98 Å². The van der Waals surface area contributed by atoms with Crippen molar-refractivity contribution < 1.29 is 13.9 Å². The second-order valence-electron chi connectivity index (χ2n) is 3.08. The number of ether oxygens (including phenoxy) is 1. The Kier molecular flexibility index (Phi) is 5.41. The summed E-state index contributed by atoms with van der Waals surface area (Å²) in [5.74, 6) is -0.958. The van der Waals surface area contributed by atoms with Crippen LogP contribution in [-0.4, -0.2) is 22.7 Å². The van der Waals surface area contributed by atoms with Crippen molar-refractivity contribution in [2.45, 2.75) is 19.8 Å². The molecule has 0 saturated carbocycles. The van der Waals surface area contributed by atoms with Crippen LogP contribution in [0, 0.1) is 5.82 Å². The van der Waals surface area contributed by atoms with E-state index < -0.39 is 11.9 Å². The van der Waals surface area contributed by atoms with Crippen molar-refractivity contribution in [1.29, 1.82) is 0 Å². The van der Waals surface area contributed by atoms with E-state index in [0.717, 1.165) is 19.0 Å². The molecule has 1 heterocycles. The van der Waals surface area contributed by atoms with Crippen LogP contribution in [0.15, 0.2) is 6.20 Å². The molecular weight excluding hydrogens is 251 g/mol. The monoisotopic (exact) mass is 262 g/mol. The van der Waals surface area contributed by atoms with E-state index in [-0.39, 0.29) is 11.1 Å². The van der Waals surface area contributed by atoms with Crippen molar-refractivity contribution in [2.24, 2.45) is 0 Å². The molecule has 1 rings (SSSR count). The SMILES string of the molecule is CCCCOC(=O)NNc1nc(Cl)ncc1F. The summed E-state index contributed by atoms with van der Waals surface area (Å²) >= 11 is 5.46. The molecule has 1 aromatic rings. The molecule has 6 nitrogen and oxygen atoms in total. The molecule has 0 fully saturated rings. The van der Waals surface area contributed by atoms with Gasteiger partial charge in [-0.15, -0.1) is 0 Å². The molecule has 0 radical (unpaired) electrons. The lowest BCUT2D eigenvalue weighted by molar-refractivity contribution is 0.146. The molecule has 0 aliphatic heterocycles. The predicted molar refractivity (Wildman–Crippen MR) is 60.0 cm³/mol. The fourth-order valence-corrected chi connectivity index (χ4v) is 1.02. The van der Waals surface area contributed by atoms with E-state index in [0.29, 0.717) is 6.61 Å². The van der Waals surface area contributed by atoms with Gasteiger partial charge in [0, 0.05) is 0 Å². The zero-order valence-electron chi connectivity index (χ0n) is 9.17. The van der Waals surface area contributed by atoms with Crippen LogP contribution < -0.4 is 10.9 Å². The third kappa shape index (κ3) is 4.81. The van der Waals surface area contributed by atoms with Gasteiger partial charge in [0.15, 0.2) is 11.6 Å². The number of unbranched alkanes of at least 4 members (excludes halogenated alkanes) is 1. The molecule has 17 heavy (non-hydrogen) atoms. The van der Waals surface area contributed by atoms with Crippen LogP contribution >= 0.6 is 11.6 Å². The van der Waals surface area contributed by atoms with Crippen LogP contribution in [-0.2, 0) is 4.74 Å². The molecule has 2 N–H and O–H groups in total. The first-order valence-corrected chi connectivity index (χ1v) is 5.38. The number of anilines is 1. The first kappa shape index (κ1) is 13.4. The van der Waals surface area contributed by atoms with Crippen molar-refractivity contribution >= 4 is 23.5 Å². The summed E-state index contributed by atoms with van der Waals surface area (Å²) in [5, 5.41) is -0.130. The van der Waals surface area contributed by atoms with Gasteiger partial charge in [-0.1, -0.05) is 13.3 Å². The van der Waals surface area contributed by atoms with Crippen LogP contribution in [0.5, 0.6) is 0 Å².